The summed E-state index contributed by atoms with van der Waals surface area (Å²) >= 11 is 12.4. The van der Waals surface area contributed by atoms with E-state index >= 15 is 0 Å². The van der Waals surface area contributed by atoms with Gasteiger partial charge in [-0.3, -0.25) is 0 Å². The van der Waals surface area contributed by atoms with Crippen LogP contribution in [0.1, 0.15) is 18.4 Å². The molecule has 0 saturated carbocycles. The second-order valence-corrected chi connectivity index (χ2v) is 6.25. The highest BCUT2D eigenvalue weighted by molar-refractivity contribution is 6.33. The first-order valence-corrected chi connectivity index (χ1v) is 7.76. The fraction of sp³-hybridized carbons (Fsp3) is 0.600. The lowest BCUT2D eigenvalue weighted by Crippen LogP contribution is -2.37. The van der Waals surface area contributed by atoms with Crippen LogP contribution in [0.3, 0.4) is 0 Å². The highest BCUT2D eigenvalue weighted by Crippen LogP contribution is 2.33. The fourth-order valence-electron chi connectivity index (χ4n) is 2.88. The highest BCUT2D eigenvalue weighted by Gasteiger charge is 2.22. The van der Waals surface area contributed by atoms with E-state index in [9.17, 15) is 0 Å². The minimum Gasteiger partial charge on any atom is -0.370 e. The van der Waals surface area contributed by atoms with Crippen LogP contribution in [0.25, 0.3) is 0 Å². The third-order valence-corrected chi connectivity index (χ3v) is 4.36. The fourth-order valence-corrected chi connectivity index (χ4v) is 3.41. The Hall–Kier alpha value is -0.440. The zero-order chi connectivity index (χ0) is 13.8. The summed E-state index contributed by atoms with van der Waals surface area (Å²) in [6.07, 6.45) is 2.45. The molecule has 106 valence electrons. The molecule has 0 unspecified atom stereocenters. The van der Waals surface area contributed by atoms with Gasteiger partial charge >= 0.3 is 0 Å². The molecule has 1 aliphatic rings. The maximum absolute atomic E-state index is 6.35. The molecule has 1 aromatic carbocycles. The van der Waals surface area contributed by atoms with Crippen molar-refractivity contribution in [1.82, 2.24) is 4.90 Å². The van der Waals surface area contributed by atoms with Gasteiger partial charge in [-0.25, -0.2) is 0 Å². The number of hydrogen-bond donors (Lipinski definition) is 0. The van der Waals surface area contributed by atoms with Crippen molar-refractivity contribution in [3.63, 3.8) is 0 Å². The lowest BCUT2D eigenvalue weighted by molar-refractivity contribution is 0.285. The van der Waals surface area contributed by atoms with E-state index in [1.54, 1.807) is 0 Å². The van der Waals surface area contributed by atoms with Crippen LogP contribution < -0.4 is 4.90 Å². The largest absolute Gasteiger partial charge is 0.370 e. The van der Waals surface area contributed by atoms with Crippen molar-refractivity contribution in [2.45, 2.75) is 18.7 Å². The lowest BCUT2D eigenvalue weighted by atomic mass is 9.95. The summed E-state index contributed by atoms with van der Waals surface area (Å²) in [4.78, 5) is 4.67. The average molecular weight is 301 g/mol. The van der Waals surface area contributed by atoms with Crippen LogP contribution >= 0.6 is 23.2 Å². The van der Waals surface area contributed by atoms with Crippen LogP contribution in [0.4, 0.5) is 5.69 Å². The molecule has 0 amide bonds. The first-order valence-electron chi connectivity index (χ1n) is 6.85. The van der Waals surface area contributed by atoms with Gasteiger partial charge in [0.1, 0.15) is 0 Å². The maximum atomic E-state index is 6.35. The van der Waals surface area contributed by atoms with Gasteiger partial charge < -0.3 is 9.80 Å². The van der Waals surface area contributed by atoms with E-state index in [4.69, 9.17) is 23.2 Å². The first-order chi connectivity index (χ1) is 9.11. The van der Waals surface area contributed by atoms with Gasteiger partial charge in [-0.1, -0.05) is 23.7 Å². The Morgan fingerprint density at radius 3 is 2.53 bits per heavy atom. The van der Waals surface area contributed by atoms with E-state index in [-0.39, 0.29) is 0 Å². The molecular weight excluding hydrogens is 279 g/mol. The molecule has 2 rings (SSSR count). The number of nitrogens with zero attached hydrogens (tertiary/aromatic N) is 2. The minimum atomic E-state index is 0.521. The van der Waals surface area contributed by atoms with E-state index in [1.807, 2.05) is 12.1 Å². The maximum Gasteiger partial charge on any atom is 0.0642 e. The number of rotatable bonds is 4. The molecule has 1 aromatic rings. The van der Waals surface area contributed by atoms with Crippen molar-refractivity contribution in [3.05, 3.63) is 28.8 Å². The zero-order valence-electron chi connectivity index (χ0n) is 11.7. The van der Waals surface area contributed by atoms with Gasteiger partial charge in [0.25, 0.3) is 0 Å². The number of benzene rings is 1. The van der Waals surface area contributed by atoms with E-state index in [2.05, 4.69) is 30.0 Å². The van der Waals surface area contributed by atoms with Crippen LogP contribution in [0, 0.1) is 5.92 Å². The summed E-state index contributed by atoms with van der Waals surface area (Å²) in [5, 5.41) is 0.823. The van der Waals surface area contributed by atoms with Gasteiger partial charge in [0.2, 0.25) is 0 Å². The van der Waals surface area contributed by atoms with Crippen LogP contribution in [-0.2, 0) is 5.88 Å². The number of alkyl halides is 1. The second-order valence-electron chi connectivity index (χ2n) is 5.57. The first kappa shape index (κ1) is 15.0. The molecule has 0 radical (unpaired) electrons. The summed E-state index contributed by atoms with van der Waals surface area (Å²) < 4.78 is 0. The van der Waals surface area contributed by atoms with E-state index in [0.29, 0.717) is 5.88 Å². The summed E-state index contributed by atoms with van der Waals surface area (Å²) in [7, 11) is 4.29. The predicted molar refractivity (Wildman–Crippen MR) is 84.5 cm³/mol. The van der Waals surface area contributed by atoms with Crippen LogP contribution in [0.2, 0.25) is 5.02 Å². The molecule has 4 heteroatoms. The summed E-state index contributed by atoms with van der Waals surface area (Å²) in [5.74, 6) is 1.32. The molecule has 1 saturated heterocycles. The molecule has 0 spiro atoms. The lowest BCUT2D eigenvalue weighted by Gasteiger charge is -2.36. The molecule has 0 aliphatic carbocycles. The zero-order valence-corrected chi connectivity index (χ0v) is 13.2. The van der Waals surface area contributed by atoms with Gasteiger partial charge in [-0.2, -0.15) is 0 Å². The molecule has 0 atom stereocenters. The minimum absolute atomic E-state index is 0.521. The SMILES string of the molecule is CN(C)CC1CCN(c2c(Cl)cccc2CCl)CC1. The Morgan fingerprint density at radius 1 is 1.26 bits per heavy atom. The van der Waals surface area contributed by atoms with Crippen LogP contribution in [-0.4, -0.2) is 38.6 Å². The molecule has 1 heterocycles. The summed E-state index contributed by atoms with van der Waals surface area (Å²) in [6, 6.07) is 6.00. The molecule has 19 heavy (non-hydrogen) atoms. The molecule has 0 bridgehead atoms. The third kappa shape index (κ3) is 3.77. The van der Waals surface area contributed by atoms with Crippen molar-refractivity contribution in [3.8, 4) is 0 Å². The van der Waals surface area contributed by atoms with E-state index < -0.39 is 0 Å². The Morgan fingerprint density at radius 2 is 1.95 bits per heavy atom. The van der Waals surface area contributed by atoms with Crippen molar-refractivity contribution in [2.24, 2.45) is 5.92 Å². The Kier molecular flexibility index (Phi) is 5.37. The number of anilines is 1. The van der Waals surface area contributed by atoms with Gasteiger partial charge in [0, 0.05) is 25.5 Å². The van der Waals surface area contributed by atoms with Gasteiger partial charge in [-0.05, 0) is 44.5 Å². The molecular formula is C15H22Cl2N2. The highest BCUT2D eigenvalue weighted by atomic mass is 35.5. The van der Waals surface area contributed by atoms with Gasteiger partial charge in [0.05, 0.1) is 10.7 Å². The average Bonchev–Trinajstić information content (AvgIpc) is 2.39. The standard InChI is InChI=1S/C15H22Cl2N2/c1-18(2)11-12-6-8-19(9-7-12)15-13(10-16)4-3-5-14(15)17/h3-5,12H,6-11H2,1-2H3. The normalized spacial score (nSPS) is 17.2. The molecule has 0 N–H and O–H groups in total. The number of para-hydroxylation sites is 1. The molecule has 1 fully saturated rings. The second kappa shape index (κ2) is 6.83. The van der Waals surface area contributed by atoms with Crippen molar-refractivity contribution in [1.29, 1.82) is 0 Å². The summed E-state index contributed by atoms with van der Waals surface area (Å²) in [6.45, 7) is 3.33. The van der Waals surface area contributed by atoms with Gasteiger partial charge in [0.15, 0.2) is 0 Å². The Balaban J connectivity index is 2.05. The van der Waals surface area contributed by atoms with E-state index in [1.165, 1.54) is 19.4 Å². The number of piperidine rings is 1. The number of hydrogen-bond acceptors (Lipinski definition) is 2. The Labute approximate surface area is 126 Å². The van der Waals surface area contributed by atoms with Crippen molar-refractivity contribution >= 4 is 28.9 Å². The summed E-state index contributed by atoms with van der Waals surface area (Å²) in [5.41, 5.74) is 2.28. The molecule has 0 aromatic heterocycles. The topological polar surface area (TPSA) is 6.48 Å². The third-order valence-electron chi connectivity index (χ3n) is 3.77. The Bertz CT molecular complexity index is 413. The monoisotopic (exact) mass is 300 g/mol. The van der Waals surface area contributed by atoms with Crippen LogP contribution in [0.5, 0.6) is 0 Å². The van der Waals surface area contributed by atoms with Crippen molar-refractivity contribution < 1.29 is 0 Å². The predicted octanol–water partition coefficient (Wildman–Crippen LogP) is 3.86. The van der Waals surface area contributed by atoms with Gasteiger partial charge in [-0.15, -0.1) is 11.6 Å². The smallest absolute Gasteiger partial charge is 0.0642 e. The quantitative estimate of drug-likeness (QED) is 0.779. The molecule has 2 nitrogen and oxygen atoms in total. The van der Waals surface area contributed by atoms with E-state index in [0.717, 1.165) is 35.3 Å². The van der Waals surface area contributed by atoms with Crippen molar-refractivity contribution in [2.75, 3.05) is 38.6 Å². The number of halogens is 2. The molecule has 1 aliphatic heterocycles. The van der Waals surface area contributed by atoms with Crippen LogP contribution in [0.15, 0.2) is 18.2 Å².